The van der Waals surface area contributed by atoms with Gasteiger partial charge in [0.05, 0.1) is 12.7 Å². The molecule has 0 aliphatic carbocycles. The highest BCUT2D eigenvalue weighted by molar-refractivity contribution is 6.31. The number of benzene rings is 2. The third-order valence-corrected chi connectivity index (χ3v) is 3.93. The van der Waals surface area contributed by atoms with E-state index in [4.69, 9.17) is 11.6 Å². The number of amides is 1. The van der Waals surface area contributed by atoms with Crippen LogP contribution >= 0.6 is 11.6 Å². The summed E-state index contributed by atoms with van der Waals surface area (Å²) in [6.07, 6.45) is 1.54. The molecule has 5 nitrogen and oxygen atoms in total. The molecular formula is C18H14ClF2N3O2. The van der Waals surface area contributed by atoms with Crippen LogP contribution in [0.25, 0.3) is 0 Å². The molecule has 0 saturated carbocycles. The van der Waals surface area contributed by atoms with Crippen LogP contribution in [-0.2, 0) is 6.54 Å². The van der Waals surface area contributed by atoms with Crippen molar-refractivity contribution in [3.63, 3.8) is 0 Å². The van der Waals surface area contributed by atoms with Crippen molar-refractivity contribution in [1.29, 1.82) is 0 Å². The largest absolute Gasteiger partial charge is 0.435 e. The topological polar surface area (TPSA) is 56.2 Å². The fourth-order valence-electron chi connectivity index (χ4n) is 2.35. The first-order valence-corrected chi connectivity index (χ1v) is 8.02. The summed E-state index contributed by atoms with van der Waals surface area (Å²) in [5.74, 6) is -0.0991. The van der Waals surface area contributed by atoms with E-state index in [-0.39, 0.29) is 11.3 Å². The molecular weight excluding hydrogens is 364 g/mol. The minimum Gasteiger partial charge on any atom is -0.435 e. The molecule has 1 aromatic heterocycles. The van der Waals surface area contributed by atoms with E-state index in [1.807, 2.05) is 18.2 Å². The van der Waals surface area contributed by atoms with Crippen LogP contribution in [0.5, 0.6) is 5.75 Å². The van der Waals surface area contributed by atoms with Crippen molar-refractivity contribution >= 4 is 23.3 Å². The van der Waals surface area contributed by atoms with Crippen molar-refractivity contribution in [2.75, 3.05) is 5.32 Å². The molecule has 0 saturated heterocycles. The van der Waals surface area contributed by atoms with Crippen LogP contribution in [0.2, 0.25) is 5.02 Å². The normalized spacial score (nSPS) is 10.8. The number of hydrogen-bond donors (Lipinski definition) is 1. The number of carbonyl (C=O) groups excluding carboxylic acids is 1. The van der Waals surface area contributed by atoms with Crippen molar-refractivity contribution in [1.82, 2.24) is 9.78 Å². The number of rotatable bonds is 6. The number of alkyl halides is 2. The first kappa shape index (κ1) is 17.9. The molecule has 1 amide bonds. The van der Waals surface area contributed by atoms with Crippen molar-refractivity contribution in [3.8, 4) is 5.75 Å². The average Bonchev–Trinajstić information content (AvgIpc) is 3.03. The van der Waals surface area contributed by atoms with E-state index in [1.165, 1.54) is 24.3 Å². The summed E-state index contributed by atoms with van der Waals surface area (Å²) >= 11 is 6.15. The van der Waals surface area contributed by atoms with Crippen LogP contribution in [0.1, 0.15) is 15.9 Å². The van der Waals surface area contributed by atoms with Crippen molar-refractivity contribution < 1.29 is 18.3 Å². The quantitative estimate of drug-likeness (QED) is 0.691. The fourth-order valence-corrected chi connectivity index (χ4v) is 2.55. The molecule has 0 aliphatic heterocycles. The Morgan fingerprint density at radius 3 is 2.77 bits per heavy atom. The van der Waals surface area contributed by atoms with E-state index in [9.17, 15) is 13.6 Å². The molecule has 134 valence electrons. The van der Waals surface area contributed by atoms with Gasteiger partial charge in [0.25, 0.3) is 5.91 Å². The number of nitrogens with zero attached hydrogens (tertiary/aromatic N) is 2. The van der Waals surface area contributed by atoms with Crippen LogP contribution in [-0.4, -0.2) is 22.3 Å². The molecule has 0 atom stereocenters. The molecule has 8 heteroatoms. The van der Waals surface area contributed by atoms with E-state index in [0.29, 0.717) is 17.4 Å². The molecule has 26 heavy (non-hydrogen) atoms. The maximum absolute atomic E-state index is 12.4. The van der Waals surface area contributed by atoms with Crippen molar-refractivity contribution in [2.45, 2.75) is 13.2 Å². The summed E-state index contributed by atoms with van der Waals surface area (Å²) in [6, 6.07) is 14.5. The predicted octanol–water partition coefficient (Wildman–Crippen LogP) is 4.44. The maximum atomic E-state index is 12.4. The number of halogens is 3. The van der Waals surface area contributed by atoms with Gasteiger partial charge in [-0.2, -0.15) is 13.9 Å². The molecule has 3 aromatic rings. The molecule has 0 aliphatic rings. The molecule has 0 unspecified atom stereocenters. The molecule has 0 spiro atoms. The summed E-state index contributed by atoms with van der Waals surface area (Å²) in [5.41, 5.74) is 1.04. The van der Waals surface area contributed by atoms with Gasteiger partial charge >= 0.3 is 6.61 Å². The minimum atomic E-state index is -2.95. The Hall–Kier alpha value is -2.93. The van der Waals surface area contributed by atoms with Gasteiger partial charge in [0.2, 0.25) is 0 Å². The zero-order chi connectivity index (χ0) is 18.5. The van der Waals surface area contributed by atoms with Crippen LogP contribution in [0.4, 0.5) is 14.6 Å². The van der Waals surface area contributed by atoms with Crippen LogP contribution in [0, 0.1) is 0 Å². The minimum absolute atomic E-state index is 0.0859. The number of aromatic nitrogens is 2. The second-order valence-electron chi connectivity index (χ2n) is 5.33. The van der Waals surface area contributed by atoms with Gasteiger partial charge in [0.15, 0.2) is 0 Å². The van der Waals surface area contributed by atoms with E-state index in [0.717, 1.165) is 5.56 Å². The number of nitrogens with one attached hydrogen (secondary N) is 1. The van der Waals surface area contributed by atoms with Gasteiger partial charge in [-0.25, -0.2) is 4.68 Å². The number of carbonyl (C=O) groups is 1. The Labute approximate surface area is 153 Å². The molecule has 1 heterocycles. The molecule has 1 N–H and O–H groups in total. The van der Waals surface area contributed by atoms with E-state index in [2.05, 4.69) is 15.2 Å². The van der Waals surface area contributed by atoms with Gasteiger partial charge in [0, 0.05) is 16.7 Å². The van der Waals surface area contributed by atoms with E-state index >= 15 is 0 Å². The first-order valence-electron chi connectivity index (χ1n) is 7.64. The second kappa shape index (κ2) is 7.97. The fraction of sp³-hybridized carbons (Fsp3) is 0.111. The monoisotopic (exact) mass is 377 g/mol. The maximum Gasteiger partial charge on any atom is 0.387 e. The lowest BCUT2D eigenvalue weighted by Gasteiger charge is -2.11. The van der Waals surface area contributed by atoms with E-state index in [1.54, 1.807) is 23.0 Å². The van der Waals surface area contributed by atoms with Crippen LogP contribution < -0.4 is 10.1 Å². The summed E-state index contributed by atoms with van der Waals surface area (Å²) in [6.45, 7) is -2.58. The van der Waals surface area contributed by atoms with Crippen molar-refractivity contribution in [3.05, 3.63) is 76.9 Å². The lowest BCUT2D eigenvalue weighted by molar-refractivity contribution is -0.0498. The predicted molar refractivity (Wildman–Crippen MR) is 93.8 cm³/mol. The highest BCUT2D eigenvalue weighted by Gasteiger charge is 2.13. The molecule has 3 rings (SSSR count). The Kier molecular flexibility index (Phi) is 5.48. The Morgan fingerprint density at radius 2 is 2.00 bits per heavy atom. The van der Waals surface area contributed by atoms with E-state index < -0.39 is 12.5 Å². The smallest absolute Gasteiger partial charge is 0.387 e. The third kappa shape index (κ3) is 4.37. The SMILES string of the molecule is O=C(Nc1ccnn1Cc1ccccc1Cl)c1cccc(OC(F)F)c1. The number of anilines is 1. The second-order valence-corrected chi connectivity index (χ2v) is 5.73. The van der Waals surface area contributed by atoms with Gasteiger partial charge in [-0.3, -0.25) is 4.79 Å². The molecule has 2 aromatic carbocycles. The Morgan fingerprint density at radius 1 is 1.19 bits per heavy atom. The Balaban J connectivity index is 1.75. The number of ether oxygens (including phenoxy) is 1. The van der Waals surface area contributed by atoms with Gasteiger partial charge in [-0.15, -0.1) is 0 Å². The van der Waals surface area contributed by atoms with Gasteiger partial charge < -0.3 is 10.1 Å². The third-order valence-electron chi connectivity index (χ3n) is 3.56. The molecule has 0 fully saturated rings. The van der Waals surface area contributed by atoms with Gasteiger partial charge in [0.1, 0.15) is 11.6 Å². The number of hydrogen-bond acceptors (Lipinski definition) is 3. The summed E-state index contributed by atoms with van der Waals surface area (Å²) in [5, 5.41) is 7.47. The highest BCUT2D eigenvalue weighted by Crippen LogP contribution is 2.20. The lowest BCUT2D eigenvalue weighted by atomic mass is 10.2. The lowest BCUT2D eigenvalue weighted by Crippen LogP contribution is -2.16. The van der Waals surface area contributed by atoms with Crippen LogP contribution in [0.3, 0.4) is 0 Å². The van der Waals surface area contributed by atoms with Gasteiger partial charge in [-0.05, 0) is 29.8 Å². The zero-order valence-electron chi connectivity index (χ0n) is 13.4. The highest BCUT2D eigenvalue weighted by atomic mass is 35.5. The summed E-state index contributed by atoms with van der Waals surface area (Å²) in [7, 11) is 0. The molecule has 0 bridgehead atoms. The van der Waals surface area contributed by atoms with Gasteiger partial charge in [-0.1, -0.05) is 35.9 Å². The Bertz CT molecular complexity index is 915. The zero-order valence-corrected chi connectivity index (χ0v) is 14.2. The standard InChI is InChI=1S/C18H14ClF2N3O2/c19-15-7-2-1-4-13(15)11-24-16(8-9-22-24)23-17(25)12-5-3-6-14(10-12)26-18(20)21/h1-10,18H,11H2,(H,23,25). The summed E-state index contributed by atoms with van der Waals surface area (Å²) in [4.78, 5) is 12.4. The van der Waals surface area contributed by atoms with Crippen molar-refractivity contribution in [2.24, 2.45) is 0 Å². The summed E-state index contributed by atoms with van der Waals surface area (Å²) < 4.78 is 30.5. The van der Waals surface area contributed by atoms with Crippen LogP contribution in [0.15, 0.2) is 60.8 Å². The first-order chi connectivity index (χ1) is 12.5. The average molecular weight is 378 g/mol. The molecule has 0 radical (unpaired) electrons.